The number of anilines is 1. The fourth-order valence-electron chi connectivity index (χ4n) is 2.29. The van der Waals surface area contributed by atoms with E-state index in [0.29, 0.717) is 6.61 Å². The minimum absolute atomic E-state index is 0.173. The van der Waals surface area contributed by atoms with Crippen LogP contribution in [-0.4, -0.2) is 47.4 Å². The van der Waals surface area contributed by atoms with Gasteiger partial charge >= 0.3 is 6.03 Å². The van der Waals surface area contributed by atoms with E-state index in [0.717, 1.165) is 0 Å². The summed E-state index contributed by atoms with van der Waals surface area (Å²) < 4.78 is 32.8. The zero-order chi connectivity index (χ0) is 20.5. The Kier molecular flexibility index (Phi) is 5.41. The number of nitrogens with one attached hydrogen (secondary N) is 2. The largest absolute Gasteiger partial charge is 0.475 e. The summed E-state index contributed by atoms with van der Waals surface area (Å²) in [5.41, 5.74) is -0.242. The van der Waals surface area contributed by atoms with Crippen molar-refractivity contribution in [2.45, 2.75) is 24.3 Å². The van der Waals surface area contributed by atoms with Crippen molar-refractivity contribution in [1.29, 1.82) is 0 Å². The molecule has 2 N–H and O–H groups in total. The average Bonchev–Trinajstić information content (AvgIpc) is 2.93. The molecule has 1 aliphatic heterocycles. The standard InChI is InChI=1S/C15H14Cl2N6O4S/c1-15(2)7-27-10(22-15)8-5-3-4-6-9(8)28(25,26)23-14(24)21-13-19-11(16)18-12(17)20-13/h3-6H,7H2,1-2H3,(H2,18,19,20,21,23,24). The summed E-state index contributed by atoms with van der Waals surface area (Å²) >= 11 is 11.2. The molecule has 0 unspecified atom stereocenters. The van der Waals surface area contributed by atoms with Crippen LogP contribution in [0.4, 0.5) is 10.7 Å². The van der Waals surface area contributed by atoms with Crippen LogP contribution in [0.3, 0.4) is 0 Å². The maximum absolute atomic E-state index is 12.7. The van der Waals surface area contributed by atoms with E-state index in [9.17, 15) is 13.2 Å². The summed E-state index contributed by atoms with van der Waals surface area (Å²) in [6, 6.07) is 4.92. The Hall–Kier alpha value is -2.50. The van der Waals surface area contributed by atoms with Crippen LogP contribution in [0.15, 0.2) is 34.2 Å². The molecule has 0 atom stereocenters. The minimum Gasteiger partial charge on any atom is -0.475 e. The van der Waals surface area contributed by atoms with Crippen molar-refractivity contribution in [3.63, 3.8) is 0 Å². The Morgan fingerprint density at radius 1 is 1.14 bits per heavy atom. The number of carbonyl (C=O) groups excluding carboxylic acids is 1. The van der Waals surface area contributed by atoms with E-state index in [1.807, 2.05) is 18.6 Å². The number of hydrogen-bond donors (Lipinski definition) is 2. The quantitative estimate of drug-likeness (QED) is 0.737. The second-order valence-electron chi connectivity index (χ2n) is 6.27. The molecule has 0 fully saturated rings. The third kappa shape index (κ3) is 4.66. The zero-order valence-electron chi connectivity index (χ0n) is 14.6. The summed E-state index contributed by atoms with van der Waals surface area (Å²) in [7, 11) is -4.27. The van der Waals surface area contributed by atoms with Gasteiger partial charge < -0.3 is 4.74 Å². The number of aromatic nitrogens is 3. The number of benzene rings is 1. The first-order valence-electron chi connectivity index (χ1n) is 7.79. The van der Waals surface area contributed by atoms with Crippen LogP contribution in [0.2, 0.25) is 10.6 Å². The maximum atomic E-state index is 12.7. The van der Waals surface area contributed by atoms with Gasteiger partial charge in [0.1, 0.15) is 11.5 Å². The molecule has 10 nitrogen and oxygen atoms in total. The normalized spacial score (nSPS) is 15.5. The van der Waals surface area contributed by atoms with Gasteiger partial charge in [0.25, 0.3) is 10.0 Å². The van der Waals surface area contributed by atoms with Gasteiger partial charge in [0.05, 0.1) is 11.1 Å². The number of hydrogen-bond acceptors (Lipinski definition) is 8. The zero-order valence-corrected chi connectivity index (χ0v) is 16.9. The van der Waals surface area contributed by atoms with E-state index in [1.165, 1.54) is 18.2 Å². The lowest BCUT2D eigenvalue weighted by Gasteiger charge is -2.11. The van der Waals surface area contributed by atoms with Crippen molar-refractivity contribution < 1.29 is 17.9 Å². The van der Waals surface area contributed by atoms with Crippen LogP contribution < -0.4 is 10.0 Å². The molecule has 2 amide bonds. The van der Waals surface area contributed by atoms with Gasteiger partial charge in [-0.15, -0.1) is 0 Å². The van der Waals surface area contributed by atoms with Gasteiger partial charge in [-0.2, -0.15) is 15.0 Å². The number of urea groups is 1. The molecule has 0 aliphatic carbocycles. The van der Waals surface area contributed by atoms with Crippen LogP contribution in [0.1, 0.15) is 19.4 Å². The van der Waals surface area contributed by atoms with Crippen molar-refractivity contribution in [3.8, 4) is 0 Å². The van der Waals surface area contributed by atoms with E-state index >= 15 is 0 Å². The highest BCUT2D eigenvalue weighted by molar-refractivity contribution is 7.90. The Morgan fingerprint density at radius 3 is 2.39 bits per heavy atom. The lowest BCUT2D eigenvalue weighted by atomic mass is 10.1. The van der Waals surface area contributed by atoms with E-state index in [-0.39, 0.29) is 32.9 Å². The van der Waals surface area contributed by atoms with Crippen molar-refractivity contribution in [3.05, 3.63) is 40.4 Å². The first-order valence-corrected chi connectivity index (χ1v) is 10.0. The molecule has 0 bridgehead atoms. The number of ether oxygens (including phenoxy) is 1. The van der Waals surface area contributed by atoms with Gasteiger partial charge in [0.2, 0.25) is 22.4 Å². The first kappa shape index (κ1) is 20.2. The van der Waals surface area contributed by atoms with Crippen molar-refractivity contribution in [2.75, 3.05) is 11.9 Å². The highest BCUT2D eigenvalue weighted by atomic mass is 35.5. The summed E-state index contributed by atoms with van der Waals surface area (Å²) in [5, 5.41) is 1.61. The summed E-state index contributed by atoms with van der Waals surface area (Å²) in [6.07, 6.45) is 0. The van der Waals surface area contributed by atoms with E-state index in [1.54, 1.807) is 6.07 Å². The Morgan fingerprint density at radius 2 is 1.79 bits per heavy atom. The predicted octanol–water partition coefficient (Wildman–Crippen LogP) is 2.24. The van der Waals surface area contributed by atoms with Gasteiger partial charge in [-0.05, 0) is 49.2 Å². The molecular formula is C15H14Cl2N6O4S. The second kappa shape index (κ2) is 7.49. The molecule has 2 heterocycles. The Labute approximate surface area is 170 Å². The van der Waals surface area contributed by atoms with Crippen LogP contribution in [0, 0.1) is 0 Å². The SMILES string of the molecule is CC1(C)COC(c2ccccc2S(=O)(=O)NC(=O)Nc2nc(Cl)nc(Cl)n2)=N1. The minimum atomic E-state index is -4.27. The smallest absolute Gasteiger partial charge is 0.335 e. The van der Waals surface area contributed by atoms with Gasteiger partial charge in [-0.3, -0.25) is 5.32 Å². The number of halogens is 2. The van der Waals surface area contributed by atoms with Gasteiger partial charge in [0.15, 0.2) is 0 Å². The molecule has 1 aromatic heterocycles. The molecule has 0 radical (unpaired) electrons. The van der Waals surface area contributed by atoms with E-state index in [2.05, 4.69) is 25.3 Å². The third-order valence-electron chi connectivity index (χ3n) is 3.41. The molecular weight excluding hydrogens is 431 g/mol. The van der Waals surface area contributed by atoms with Gasteiger partial charge in [-0.1, -0.05) is 12.1 Å². The molecule has 13 heteroatoms. The molecule has 0 spiro atoms. The fourth-order valence-corrected chi connectivity index (χ4v) is 3.76. The van der Waals surface area contributed by atoms with E-state index in [4.69, 9.17) is 27.9 Å². The van der Waals surface area contributed by atoms with Crippen molar-refractivity contribution >= 4 is 51.1 Å². The lowest BCUT2D eigenvalue weighted by Crippen LogP contribution is -2.35. The van der Waals surface area contributed by atoms with Crippen LogP contribution in [0.5, 0.6) is 0 Å². The molecule has 148 valence electrons. The number of amides is 2. The Balaban J connectivity index is 1.85. The predicted molar refractivity (Wildman–Crippen MR) is 102 cm³/mol. The molecule has 1 aliphatic rings. The highest BCUT2D eigenvalue weighted by Gasteiger charge is 2.31. The third-order valence-corrected chi connectivity index (χ3v) is 5.13. The summed E-state index contributed by atoms with van der Waals surface area (Å²) in [6.45, 7) is 4.02. The second-order valence-corrected chi connectivity index (χ2v) is 8.60. The summed E-state index contributed by atoms with van der Waals surface area (Å²) in [4.78, 5) is 27.1. The fraction of sp³-hybridized carbons (Fsp3) is 0.267. The number of sulfonamides is 1. The molecule has 0 saturated heterocycles. The van der Waals surface area contributed by atoms with Crippen LogP contribution >= 0.6 is 23.2 Å². The summed E-state index contributed by atoms with van der Waals surface area (Å²) in [5.74, 6) is -0.126. The molecule has 1 aromatic carbocycles. The molecule has 28 heavy (non-hydrogen) atoms. The number of carbonyl (C=O) groups is 1. The van der Waals surface area contributed by atoms with Crippen molar-refractivity contribution in [2.24, 2.45) is 4.99 Å². The molecule has 2 aromatic rings. The Bertz CT molecular complexity index is 1050. The van der Waals surface area contributed by atoms with Crippen LogP contribution in [-0.2, 0) is 14.8 Å². The lowest BCUT2D eigenvalue weighted by molar-refractivity contribution is 0.256. The van der Waals surface area contributed by atoms with Gasteiger partial charge in [-0.25, -0.2) is 22.9 Å². The molecule has 3 rings (SSSR count). The maximum Gasteiger partial charge on any atom is 0.335 e. The van der Waals surface area contributed by atoms with Gasteiger partial charge in [0, 0.05) is 0 Å². The average molecular weight is 445 g/mol. The van der Waals surface area contributed by atoms with Crippen molar-refractivity contribution in [1.82, 2.24) is 19.7 Å². The first-order chi connectivity index (χ1) is 13.1. The van der Waals surface area contributed by atoms with Crippen LogP contribution in [0.25, 0.3) is 0 Å². The number of rotatable bonds is 4. The topological polar surface area (TPSA) is 136 Å². The monoisotopic (exact) mass is 444 g/mol. The molecule has 0 saturated carbocycles. The number of aliphatic imine (C=N–C) groups is 1. The van der Waals surface area contributed by atoms with E-state index < -0.39 is 21.6 Å². The number of nitrogens with zero attached hydrogens (tertiary/aromatic N) is 4. The highest BCUT2D eigenvalue weighted by Crippen LogP contribution is 2.24.